The Kier molecular flexibility index (Phi) is 1.81. The number of nitrogens with one attached hydrogen (secondary N) is 1. The minimum Gasteiger partial charge on any atom is -0.846 e. The van der Waals surface area contributed by atoms with Gasteiger partial charge in [-0.2, -0.15) is 4.57 Å². The Labute approximate surface area is 79.1 Å². The summed E-state index contributed by atoms with van der Waals surface area (Å²) in [5.41, 5.74) is -0.448. The van der Waals surface area contributed by atoms with Crippen LogP contribution in [0, 0.1) is 0 Å². The van der Waals surface area contributed by atoms with Crippen molar-refractivity contribution in [1.29, 1.82) is 0 Å². The Morgan fingerprint density at radius 3 is 3.00 bits per heavy atom. The smallest absolute Gasteiger partial charge is 0.254 e. The molecule has 0 atom stereocenters. The summed E-state index contributed by atoms with van der Waals surface area (Å²) in [7, 11) is 1.84. The van der Waals surface area contributed by atoms with E-state index in [1.165, 1.54) is 6.07 Å². The number of aromatic amines is 1. The lowest BCUT2D eigenvalue weighted by Crippen LogP contribution is -2.24. The van der Waals surface area contributed by atoms with Gasteiger partial charge in [0.1, 0.15) is 12.4 Å². The first-order chi connectivity index (χ1) is 6.65. The van der Waals surface area contributed by atoms with E-state index in [2.05, 4.69) is 4.98 Å². The monoisotopic (exact) mass is 192 g/mol. The van der Waals surface area contributed by atoms with Gasteiger partial charge in [0, 0.05) is 0 Å². The van der Waals surface area contributed by atoms with Crippen molar-refractivity contribution in [3.8, 4) is 11.8 Å². The first kappa shape index (κ1) is 8.49. The second-order valence-electron chi connectivity index (χ2n) is 2.90. The number of nitrogens with zero attached hydrogens (tertiary/aromatic N) is 3. The van der Waals surface area contributed by atoms with Crippen LogP contribution < -0.4 is 15.2 Å². The van der Waals surface area contributed by atoms with Crippen LogP contribution in [0.5, 0.6) is 6.01 Å². The maximum Gasteiger partial charge on any atom is 0.254 e. The fourth-order valence-electron chi connectivity index (χ4n) is 1.14. The van der Waals surface area contributed by atoms with Gasteiger partial charge in [0.25, 0.3) is 5.56 Å². The molecule has 0 aliphatic rings. The number of aromatic nitrogens is 4. The van der Waals surface area contributed by atoms with E-state index in [0.717, 1.165) is 0 Å². The van der Waals surface area contributed by atoms with Crippen LogP contribution in [0.3, 0.4) is 0 Å². The molecule has 0 saturated carbocycles. The summed E-state index contributed by atoms with van der Waals surface area (Å²) in [6.45, 7) is 0. The zero-order valence-corrected chi connectivity index (χ0v) is 7.47. The molecule has 0 bridgehead atoms. The highest BCUT2D eigenvalue weighted by atomic mass is 16.3. The van der Waals surface area contributed by atoms with Crippen LogP contribution in [0.25, 0.3) is 5.82 Å². The number of hydrogen-bond acceptors (Lipinski definition) is 3. The highest BCUT2D eigenvalue weighted by Gasteiger charge is 2.05. The van der Waals surface area contributed by atoms with Crippen LogP contribution in [0.1, 0.15) is 0 Å². The first-order valence-corrected chi connectivity index (χ1v) is 3.97. The molecular weight excluding hydrogens is 184 g/mol. The van der Waals surface area contributed by atoms with E-state index >= 15 is 0 Å². The molecule has 2 aromatic rings. The van der Waals surface area contributed by atoms with Crippen LogP contribution in [0.2, 0.25) is 0 Å². The number of H-pyrrole nitrogens is 1. The number of imidazole rings is 1. The number of hydrogen-bond donors (Lipinski definition) is 1. The fourth-order valence-corrected chi connectivity index (χ4v) is 1.14. The molecule has 6 heteroatoms. The predicted molar refractivity (Wildman–Crippen MR) is 44.8 cm³/mol. The van der Waals surface area contributed by atoms with Crippen molar-refractivity contribution in [3.63, 3.8) is 0 Å². The van der Waals surface area contributed by atoms with Gasteiger partial charge in [-0.05, 0) is 0 Å². The number of aryl methyl sites for hydroxylation is 1. The summed E-state index contributed by atoms with van der Waals surface area (Å²) in [5, 5.41) is 10.9. The van der Waals surface area contributed by atoms with E-state index in [1.54, 1.807) is 27.9 Å². The van der Waals surface area contributed by atoms with Gasteiger partial charge < -0.3 is 10.1 Å². The lowest BCUT2D eigenvalue weighted by molar-refractivity contribution is -0.670. The molecule has 0 amide bonds. The molecule has 2 aromatic heterocycles. The maximum absolute atomic E-state index is 11.0. The highest BCUT2D eigenvalue weighted by Crippen LogP contribution is 2.00. The molecule has 14 heavy (non-hydrogen) atoms. The molecule has 0 aromatic carbocycles. The zero-order chi connectivity index (χ0) is 10.1. The highest BCUT2D eigenvalue weighted by molar-refractivity contribution is 5.20. The van der Waals surface area contributed by atoms with E-state index in [0.29, 0.717) is 5.82 Å². The average Bonchev–Trinajstić information content (AvgIpc) is 2.50. The largest absolute Gasteiger partial charge is 0.846 e. The molecule has 6 nitrogen and oxygen atoms in total. The summed E-state index contributed by atoms with van der Waals surface area (Å²) >= 11 is 0. The quantitative estimate of drug-likeness (QED) is 0.556. The van der Waals surface area contributed by atoms with Crippen molar-refractivity contribution >= 4 is 0 Å². The molecule has 0 unspecified atom stereocenters. The molecule has 2 heterocycles. The van der Waals surface area contributed by atoms with Crippen molar-refractivity contribution < 1.29 is 9.67 Å². The molecule has 2 rings (SSSR count). The van der Waals surface area contributed by atoms with Gasteiger partial charge in [-0.15, -0.1) is 0 Å². The van der Waals surface area contributed by atoms with E-state index in [4.69, 9.17) is 0 Å². The summed E-state index contributed by atoms with van der Waals surface area (Å²) < 4.78 is 3.38. The molecule has 0 radical (unpaired) electrons. The van der Waals surface area contributed by atoms with Crippen LogP contribution in [0.15, 0.2) is 29.6 Å². The minimum absolute atomic E-state index is 0.319. The maximum atomic E-state index is 11.0. The van der Waals surface area contributed by atoms with Gasteiger partial charge in [0.05, 0.1) is 19.1 Å². The molecule has 0 aliphatic heterocycles. The molecule has 0 saturated heterocycles. The Morgan fingerprint density at radius 2 is 2.43 bits per heavy atom. The van der Waals surface area contributed by atoms with Crippen LogP contribution in [0.4, 0.5) is 0 Å². The third-order valence-corrected chi connectivity index (χ3v) is 1.74. The Hall–Kier alpha value is -2.11. The summed E-state index contributed by atoms with van der Waals surface area (Å²) in [4.78, 5) is 16.7. The fraction of sp³-hybridized carbons (Fsp3) is 0.125. The second-order valence-corrected chi connectivity index (χ2v) is 2.90. The summed E-state index contributed by atoms with van der Waals surface area (Å²) in [5.74, 6) is 0.319. The van der Waals surface area contributed by atoms with E-state index in [9.17, 15) is 9.90 Å². The molecule has 0 aliphatic carbocycles. The van der Waals surface area contributed by atoms with E-state index < -0.39 is 11.6 Å². The van der Waals surface area contributed by atoms with Crippen molar-refractivity contribution in [3.05, 3.63) is 35.1 Å². The molecule has 0 fully saturated rings. The Morgan fingerprint density at radius 1 is 1.64 bits per heavy atom. The molecule has 72 valence electrons. The Balaban J connectivity index is 2.56. The third-order valence-electron chi connectivity index (χ3n) is 1.74. The van der Waals surface area contributed by atoms with E-state index in [1.807, 2.05) is 12.0 Å². The second kappa shape index (κ2) is 2.99. The van der Waals surface area contributed by atoms with Crippen molar-refractivity contribution in [1.82, 2.24) is 14.5 Å². The van der Waals surface area contributed by atoms with E-state index in [-0.39, 0.29) is 0 Å². The van der Waals surface area contributed by atoms with Gasteiger partial charge >= 0.3 is 0 Å². The third kappa shape index (κ3) is 1.49. The lowest BCUT2D eigenvalue weighted by Gasteiger charge is -2.02. The predicted octanol–water partition coefficient (Wildman–Crippen LogP) is -1.54. The molecule has 1 N–H and O–H groups in total. The minimum atomic E-state index is -0.635. The van der Waals surface area contributed by atoms with Crippen molar-refractivity contribution in [2.75, 3.05) is 0 Å². The van der Waals surface area contributed by atoms with Crippen LogP contribution >= 0.6 is 0 Å². The summed E-state index contributed by atoms with van der Waals surface area (Å²) in [6.07, 6.45) is 5.20. The molecule has 0 spiro atoms. The van der Waals surface area contributed by atoms with Crippen molar-refractivity contribution in [2.24, 2.45) is 7.05 Å². The van der Waals surface area contributed by atoms with Gasteiger partial charge in [0.15, 0.2) is 0 Å². The average molecular weight is 192 g/mol. The lowest BCUT2D eigenvalue weighted by atomic mass is 10.5. The van der Waals surface area contributed by atoms with Crippen LogP contribution in [-0.2, 0) is 7.05 Å². The topological polar surface area (TPSA) is 77.6 Å². The standard InChI is InChI=1S/C8H8N4O2/c1-11-2-3-12(5-11)6-4-7(13)10-8(14)9-6/h2-5H,1H3,(H-,9,10,13,14). The van der Waals surface area contributed by atoms with Gasteiger partial charge in [0.2, 0.25) is 12.1 Å². The first-order valence-electron chi connectivity index (χ1n) is 3.97. The Bertz CT molecular complexity index is 514. The number of rotatable bonds is 1. The molecular formula is C8H8N4O2. The SMILES string of the molecule is C[n+]1ccn(-c2cc(=O)[nH]c([O-])n2)c1. The normalized spacial score (nSPS) is 10.4. The summed E-state index contributed by atoms with van der Waals surface area (Å²) in [6, 6.07) is 0.630. The van der Waals surface area contributed by atoms with Gasteiger partial charge in [-0.3, -0.25) is 4.79 Å². The zero-order valence-electron chi connectivity index (χ0n) is 7.47. The van der Waals surface area contributed by atoms with Gasteiger partial charge in [-0.1, -0.05) is 0 Å². The van der Waals surface area contributed by atoms with Gasteiger partial charge in [-0.25, -0.2) is 9.55 Å². The van der Waals surface area contributed by atoms with Crippen molar-refractivity contribution in [2.45, 2.75) is 0 Å². The van der Waals surface area contributed by atoms with Crippen LogP contribution in [-0.4, -0.2) is 14.5 Å².